The average molecular weight is 901 g/mol. The zero-order chi connectivity index (χ0) is 46.5. The molecule has 0 aliphatic rings. The van der Waals surface area contributed by atoms with Crippen LogP contribution < -0.4 is 0 Å². The smallest absolute Gasteiger partial charge is 0.306 e. The Balaban J connectivity index is 4.22. The normalized spacial score (nSPS) is 12.1. The van der Waals surface area contributed by atoms with E-state index in [-0.39, 0.29) is 31.1 Å². The van der Waals surface area contributed by atoms with Gasteiger partial charge in [0.2, 0.25) is 0 Å². The van der Waals surface area contributed by atoms with Gasteiger partial charge in [-0.15, -0.1) is 0 Å². The van der Waals surface area contributed by atoms with E-state index in [1.807, 2.05) is 0 Å². The van der Waals surface area contributed by atoms with Crippen LogP contribution in [0.3, 0.4) is 0 Å². The van der Waals surface area contributed by atoms with E-state index >= 15 is 0 Å². The number of carbonyl (C=O) groups excluding carboxylic acids is 3. The lowest BCUT2D eigenvalue weighted by molar-refractivity contribution is -0.167. The van der Waals surface area contributed by atoms with Crippen molar-refractivity contribution >= 4 is 17.9 Å². The molecule has 0 rings (SSSR count). The molecule has 64 heavy (non-hydrogen) atoms. The molecule has 0 aliphatic carbocycles. The summed E-state index contributed by atoms with van der Waals surface area (Å²) in [6.45, 7) is 6.54. The van der Waals surface area contributed by atoms with Gasteiger partial charge < -0.3 is 14.2 Å². The molecule has 1 atom stereocenters. The molecule has 0 aromatic rings. The van der Waals surface area contributed by atoms with Gasteiger partial charge in [0.05, 0.1) is 0 Å². The van der Waals surface area contributed by atoms with Gasteiger partial charge >= 0.3 is 17.9 Å². The number of hydrogen-bond donors (Lipinski definition) is 0. The summed E-state index contributed by atoms with van der Waals surface area (Å²) in [5, 5.41) is 0. The fraction of sp³-hybridized carbons (Fsp3) is 0.879. The van der Waals surface area contributed by atoms with Crippen molar-refractivity contribution in [1.82, 2.24) is 0 Å². The van der Waals surface area contributed by atoms with Crippen molar-refractivity contribution in [2.24, 2.45) is 0 Å². The maximum absolute atomic E-state index is 12.8. The molecular formula is C58H108O6. The molecule has 0 aromatic heterocycles. The second kappa shape index (κ2) is 53.5. The topological polar surface area (TPSA) is 78.9 Å². The van der Waals surface area contributed by atoms with E-state index in [2.05, 4.69) is 45.1 Å². The first-order valence-electron chi connectivity index (χ1n) is 28.3. The molecule has 376 valence electrons. The second-order valence-electron chi connectivity index (χ2n) is 19.2. The highest BCUT2D eigenvalue weighted by Gasteiger charge is 2.19. The lowest BCUT2D eigenvalue weighted by Gasteiger charge is -2.18. The van der Waals surface area contributed by atoms with Crippen LogP contribution in [0.25, 0.3) is 0 Å². The van der Waals surface area contributed by atoms with Crippen LogP contribution in [0.2, 0.25) is 0 Å². The standard InChI is InChI=1S/C58H108O6/c1-4-7-10-13-16-19-21-23-25-27-29-31-32-34-36-39-42-45-48-51-57(60)63-54-55(53-62-56(59)50-47-44-41-38-18-15-12-9-6-3)64-58(61)52-49-46-43-40-37-35-33-30-28-26-24-22-20-17-14-11-8-5-2/h9,12,18,38,55H,4-8,10-11,13-17,19-37,39-54H2,1-3H3/b12-9-,38-18-. The summed E-state index contributed by atoms with van der Waals surface area (Å²) in [5.74, 6) is -0.895. The lowest BCUT2D eigenvalue weighted by atomic mass is 10.0. The number of esters is 3. The fourth-order valence-corrected chi connectivity index (χ4v) is 8.48. The second-order valence-corrected chi connectivity index (χ2v) is 19.2. The Kier molecular flexibility index (Phi) is 51.7. The highest BCUT2D eigenvalue weighted by molar-refractivity contribution is 5.71. The van der Waals surface area contributed by atoms with Crippen molar-refractivity contribution in [3.05, 3.63) is 24.3 Å². The molecule has 0 radical (unpaired) electrons. The minimum Gasteiger partial charge on any atom is -0.462 e. The molecule has 0 amide bonds. The lowest BCUT2D eigenvalue weighted by Crippen LogP contribution is -2.30. The monoisotopic (exact) mass is 901 g/mol. The highest BCUT2D eigenvalue weighted by atomic mass is 16.6. The van der Waals surface area contributed by atoms with Gasteiger partial charge in [-0.25, -0.2) is 0 Å². The molecule has 0 bridgehead atoms. The molecule has 1 unspecified atom stereocenters. The first-order chi connectivity index (χ1) is 31.5. The van der Waals surface area contributed by atoms with Gasteiger partial charge in [0.15, 0.2) is 6.10 Å². The van der Waals surface area contributed by atoms with Gasteiger partial charge in [-0.05, 0) is 44.9 Å². The van der Waals surface area contributed by atoms with Crippen molar-refractivity contribution in [3.63, 3.8) is 0 Å². The van der Waals surface area contributed by atoms with Crippen LogP contribution >= 0.6 is 0 Å². The number of unbranched alkanes of at least 4 members (excludes halogenated alkanes) is 37. The van der Waals surface area contributed by atoms with Crippen LogP contribution in [0.5, 0.6) is 0 Å². The van der Waals surface area contributed by atoms with Gasteiger partial charge in [-0.2, -0.15) is 0 Å². The highest BCUT2D eigenvalue weighted by Crippen LogP contribution is 2.17. The Morgan fingerprint density at radius 1 is 0.328 bits per heavy atom. The van der Waals surface area contributed by atoms with Crippen molar-refractivity contribution in [1.29, 1.82) is 0 Å². The number of rotatable bonds is 52. The fourth-order valence-electron chi connectivity index (χ4n) is 8.48. The average Bonchev–Trinajstić information content (AvgIpc) is 3.29. The quantitative estimate of drug-likeness (QED) is 0.0262. The maximum atomic E-state index is 12.8. The van der Waals surface area contributed by atoms with Gasteiger partial charge in [0.25, 0.3) is 0 Å². The van der Waals surface area contributed by atoms with Crippen LogP contribution in [0.4, 0.5) is 0 Å². The summed E-state index contributed by atoms with van der Waals surface area (Å²) in [6, 6.07) is 0. The van der Waals surface area contributed by atoms with Crippen molar-refractivity contribution in [3.8, 4) is 0 Å². The van der Waals surface area contributed by atoms with Gasteiger partial charge in [0, 0.05) is 19.3 Å². The van der Waals surface area contributed by atoms with Gasteiger partial charge in [-0.1, -0.05) is 270 Å². The predicted octanol–water partition coefficient (Wildman–Crippen LogP) is 18.7. The zero-order valence-electron chi connectivity index (χ0n) is 43.1. The number of ether oxygens (including phenoxy) is 3. The molecule has 0 fully saturated rings. The first kappa shape index (κ1) is 61.9. The van der Waals surface area contributed by atoms with Crippen LogP contribution in [-0.4, -0.2) is 37.2 Å². The number of hydrogen-bond acceptors (Lipinski definition) is 6. The first-order valence-corrected chi connectivity index (χ1v) is 28.3. The Labute approximate surface area is 398 Å². The zero-order valence-corrected chi connectivity index (χ0v) is 43.1. The van der Waals surface area contributed by atoms with Gasteiger partial charge in [-0.3, -0.25) is 14.4 Å². The third-order valence-corrected chi connectivity index (χ3v) is 12.7. The molecule has 0 saturated carbocycles. The van der Waals surface area contributed by atoms with E-state index in [4.69, 9.17) is 14.2 Å². The summed E-state index contributed by atoms with van der Waals surface area (Å²) < 4.78 is 16.8. The van der Waals surface area contributed by atoms with E-state index < -0.39 is 6.10 Å². The summed E-state index contributed by atoms with van der Waals surface area (Å²) in [7, 11) is 0. The van der Waals surface area contributed by atoms with Crippen LogP contribution in [0.1, 0.15) is 310 Å². The van der Waals surface area contributed by atoms with Crippen LogP contribution in [-0.2, 0) is 28.6 Å². The predicted molar refractivity (Wildman–Crippen MR) is 275 cm³/mol. The van der Waals surface area contributed by atoms with Crippen LogP contribution in [0.15, 0.2) is 24.3 Å². The Morgan fingerprint density at radius 3 is 0.938 bits per heavy atom. The van der Waals surface area contributed by atoms with Gasteiger partial charge in [0.1, 0.15) is 13.2 Å². The summed E-state index contributed by atoms with van der Waals surface area (Å²) in [6.07, 6.45) is 61.9. The summed E-state index contributed by atoms with van der Waals surface area (Å²) in [4.78, 5) is 38.0. The van der Waals surface area contributed by atoms with E-state index in [9.17, 15) is 14.4 Å². The Bertz CT molecular complexity index is 1040. The van der Waals surface area contributed by atoms with Crippen molar-refractivity contribution in [2.75, 3.05) is 13.2 Å². The maximum Gasteiger partial charge on any atom is 0.306 e. The van der Waals surface area contributed by atoms with Crippen molar-refractivity contribution in [2.45, 2.75) is 316 Å². The van der Waals surface area contributed by atoms with Crippen LogP contribution in [0, 0.1) is 0 Å². The largest absolute Gasteiger partial charge is 0.462 e. The SMILES string of the molecule is CC/C=C\C/C=C\CCCCC(=O)OCC(COC(=O)CCCCCCCCCCCCCCCCCCCCC)OC(=O)CCCCCCCCCCCCCCCCCCCC. The third-order valence-electron chi connectivity index (χ3n) is 12.7. The van der Waals surface area contributed by atoms with E-state index in [0.29, 0.717) is 19.3 Å². The summed E-state index contributed by atoms with van der Waals surface area (Å²) in [5.41, 5.74) is 0. The minimum absolute atomic E-state index is 0.0760. The van der Waals surface area contributed by atoms with E-state index in [1.165, 1.54) is 199 Å². The molecular weight excluding hydrogens is 793 g/mol. The number of allylic oxidation sites excluding steroid dienone is 4. The van der Waals surface area contributed by atoms with E-state index in [1.54, 1.807) is 0 Å². The summed E-state index contributed by atoms with van der Waals surface area (Å²) >= 11 is 0. The number of carbonyl (C=O) groups is 3. The molecule has 6 heteroatoms. The molecule has 0 spiro atoms. The molecule has 0 saturated heterocycles. The molecule has 0 aliphatic heterocycles. The molecule has 0 heterocycles. The van der Waals surface area contributed by atoms with Crippen molar-refractivity contribution < 1.29 is 28.6 Å². The molecule has 0 N–H and O–H groups in total. The molecule has 0 aromatic carbocycles. The third kappa shape index (κ3) is 50.9. The Morgan fingerprint density at radius 2 is 0.609 bits per heavy atom. The molecule has 6 nitrogen and oxygen atoms in total. The minimum atomic E-state index is -0.778. The van der Waals surface area contributed by atoms with E-state index in [0.717, 1.165) is 70.6 Å². The Hall–Kier alpha value is -2.11.